The zero-order valence-corrected chi connectivity index (χ0v) is 18.9. The van der Waals surface area contributed by atoms with Crippen molar-refractivity contribution in [1.82, 2.24) is 9.21 Å². The molecule has 0 N–H and O–H groups in total. The predicted octanol–water partition coefficient (Wildman–Crippen LogP) is 3.30. The zero-order valence-electron chi connectivity index (χ0n) is 18.1. The number of piperazine rings is 1. The normalized spacial score (nSPS) is 16.3. The fourth-order valence-corrected chi connectivity index (χ4v) is 4.93. The molecule has 0 aliphatic carbocycles. The average Bonchev–Trinajstić information content (AvgIpc) is 2.74. The molecule has 1 aliphatic heterocycles. The second-order valence-electron chi connectivity index (χ2n) is 7.83. The molecule has 6 nitrogen and oxygen atoms in total. The van der Waals surface area contributed by atoms with Crippen LogP contribution in [-0.4, -0.2) is 55.8 Å². The third-order valence-electron chi connectivity index (χ3n) is 5.47. The fourth-order valence-electron chi connectivity index (χ4n) is 3.51. The van der Waals surface area contributed by atoms with Crippen molar-refractivity contribution in [3.63, 3.8) is 0 Å². The number of hydrogen-bond acceptors (Lipinski definition) is 4. The number of sulfonamides is 1. The molecule has 0 spiro atoms. The Balaban J connectivity index is 1.65. The van der Waals surface area contributed by atoms with Crippen molar-refractivity contribution >= 4 is 15.9 Å². The SMILES string of the molecule is CC[C@H](Oc1cc(C)ccc1C)C(=O)N1CCN(S(=O)(=O)c2ccc(C)cc2)CC1. The Morgan fingerprint density at radius 2 is 1.57 bits per heavy atom. The summed E-state index contributed by atoms with van der Waals surface area (Å²) in [6.07, 6.45) is -0.0283. The van der Waals surface area contributed by atoms with Gasteiger partial charge in [0, 0.05) is 26.2 Å². The number of carbonyl (C=O) groups is 1. The van der Waals surface area contributed by atoms with Crippen LogP contribution in [0.25, 0.3) is 0 Å². The van der Waals surface area contributed by atoms with E-state index in [0.717, 1.165) is 22.4 Å². The van der Waals surface area contributed by atoms with E-state index in [9.17, 15) is 13.2 Å². The Hall–Kier alpha value is -2.38. The molecule has 0 radical (unpaired) electrons. The van der Waals surface area contributed by atoms with Crippen LogP contribution < -0.4 is 4.74 Å². The molecule has 162 valence electrons. The van der Waals surface area contributed by atoms with Crippen LogP contribution in [0, 0.1) is 20.8 Å². The highest BCUT2D eigenvalue weighted by atomic mass is 32.2. The largest absolute Gasteiger partial charge is 0.480 e. The van der Waals surface area contributed by atoms with E-state index in [4.69, 9.17) is 4.74 Å². The lowest BCUT2D eigenvalue weighted by Gasteiger charge is -2.35. The molecule has 2 aromatic rings. The summed E-state index contributed by atoms with van der Waals surface area (Å²) in [5.74, 6) is 0.626. The third kappa shape index (κ3) is 4.84. The van der Waals surface area contributed by atoms with Crippen molar-refractivity contribution in [2.45, 2.75) is 45.1 Å². The molecule has 7 heteroatoms. The second-order valence-corrected chi connectivity index (χ2v) is 9.76. The third-order valence-corrected chi connectivity index (χ3v) is 7.38. The van der Waals surface area contributed by atoms with Gasteiger partial charge >= 0.3 is 0 Å². The van der Waals surface area contributed by atoms with Crippen molar-refractivity contribution in [1.29, 1.82) is 0 Å². The van der Waals surface area contributed by atoms with Crippen LogP contribution in [0.2, 0.25) is 0 Å². The first-order valence-electron chi connectivity index (χ1n) is 10.3. The minimum absolute atomic E-state index is 0.0919. The first-order chi connectivity index (χ1) is 14.2. The van der Waals surface area contributed by atoms with Crippen molar-refractivity contribution in [3.05, 3.63) is 59.2 Å². The molecule has 0 bridgehead atoms. The average molecular weight is 431 g/mol. The Kier molecular flexibility index (Phi) is 6.83. The minimum Gasteiger partial charge on any atom is -0.480 e. The van der Waals surface area contributed by atoms with E-state index in [1.807, 2.05) is 45.9 Å². The summed E-state index contributed by atoms with van der Waals surface area (Å²) in [5.41, 5.74) is 3.08. The van der Waals surface area contributed by atoms with Gasteiger partial charge in [-0.3, -0.25) is 4.79 Å². The first kappa shape index (κ1) is 22.3. The Morgan fingerprint density at radius 1 is 0.967 bits per heavy atom. The summed E-state index contributed by atoms with van der Waals surface area (Å²) in [6.45, 7) is 9.07. The number of aryl methyl sites for hydroxylation is 3. The molecular weight excluding hydrogens is 400 g/mol. The zero-order chi connectivity index (χ0) is 21.9. The van der Waals surface area contributed by atoms with Gasteiger partial charge in [-0.05, 0) is 56.5 Å². The maximum Gasteiger partial charge on any atom is 0.263 e. The van der Waals surface area contributed by atoms with E-state index >= 15 is 0 Å². The summed E-state index contributed by atoms with van der Waals surface area (Å²) in [7, 11) is -3.55. The van der Waals surface area contributed by atoms with Crippen LogP contribution >= 0.6 is 0 Å². The van der Waals surface area contributed by atoms with Crippen LogP contribution in [0.1, 0.15) is 30.0 Å². The lowest BCUT2D eigenvalue weighted by molar-refractivity contribution is -0.140. The first-order valence-corrected chi connectivity index (χ1v) is 11.8. The van der Waals surface area contributed by atoms with E-state index in [-0.39, 0.29) is 23.9 Å². The maximum absolute atomic E-state index is 13.0. The van der Waals surface area contributed by atoms with E-state index in [1.54, 1.807) is 29.2 Å². The molecule has 1 heterocycles. The molecule has 1 aliphatic rings. The summed E-state index contributed by atoms with van der Waals surface area (Å²) in [6, 6.07) is 12.8. The summed E-state index contributed by atoms with van der Waals surface area (Å²) >= 11 is 0. The highest BCUT2D eigenvalue weighted by Gasteiger charge is 2.33. The minimum atomic E-state index is -3.55. The maximum atomic E-state index is 13.0. The summed E-state index contributed by atoms with van der Waals surface area (Å²) in [4.78, 5) is 15.0. The van der Waals surface area contributed by atoms with Gasteiger partial charge in [-0.2, -0.15) is 4.31 Å². The molecular formula is C23H30N2O4S. The monoisotopic (exact) mass is 430 g/mol. The second kappa shape index (κ2) is 9.18. The molecule has 2 aromatic carbocycles. The summed E-state index contributed by atoms with van der Waals surface area (Å²) < 4.78 is 33.2. The van der Waals surface area contributed by atoms with E-state index < -0.39 is 16.1 Å². The van der Waals surface area contributed by atoms with E-state index in [1.165, 1.54) is 4.31 Å². The van der Waals surface area contributed by atoms with Gasteiger partial charge in [0.05, 0.1) is 4.90 Å². The van der Waals surface area contributed by atoms with Gasteiger partial charge in [0.2, 0.25) is 10.0 Å². The molecule has 1 atom stereocenters. The van der Waals surface area contributed by atoms with Gasteiger partial charge in [-0.15, -0.1) is 0 Å². The topological polar surface area (TPSA) is 66.9 Å². The standard InChI is InChI=1S/C23H30N2O4S/c1-5-21(29-22-16-18(3)6-9-19(22)4)23(26)24-12-14-25(15-13-24)30(27,28)20-10-7-17(2)8-11-20/h6-11,16,21H,5,12-15H2,1-4H3/t21-/m0/s1. The molecule has 0 aromatic heterocycles. The molecule has 3 rings (SSSR count). The van der Waals surface area contributed by atoms with Crippen LogP contribution in [-0.2, 0) is 14.8 Å². The lowest BCUT2D eigenvalue weighted by atomic mass is 10.1. The van der Waals surface area contributed by atoms with Gasteiger partial charge in [0.15, 0.2) is 6.10 Å². The molecule has 1 fully saturated rings. The van der Waals surface area contributed by atoms with E-state index in [0.29, 0.717) is 19.5 Å². The van der Waals surface area contributed by atoms with Gasteiger partial charge in [0.1, 0.15) is 5.75 Å². The van der Waals surface area contributed by atoms with Gasteiger partial charge in [0.25, 0.3) is 5.91 Å². The van der Waals surface area contributed by atoms with Crippen molar-refractivity contribution in [2.24, 2.45) is 0 Å². The number of ether oxygens (including phenoxy) is 1. The lowest BCUT2D eigenvalue weighted by Crippen LogP contribution is -2.53. The van der Waals surface area contributed by atoms with Crippen LogP contribution in [0.5, 0.6) is 5.75 Å². The van der Waals surface area contributed by atoms with E-state index in [2.05, 4.69) is 0 Å². The highest BCUT2D eigenvalue weighted by molar-refractivity contribution is 7.89. The van der Waals surface area contributed by atoms with Crippen LogP contribution in [0.15, 0.2) is 47.4 Å². The summed E-state index contributed by atoms with van der Waals surface area (Å²) in [5, 5.41) is 0. The Labute approximate surface area is 179 Å². The quantitative estimate of drug-likeness (QED) is 0.705. The number of benzene rings is 2. The van der Waals surface area contributed by atoms with Gasteiger partial charge < -0.3 is 9.64 Å². The van der Waals surface area contributed by atoms with Crippen LogP contribution in [0.3, 0.4) is 0 Å². The highest BCUT2D eigenvalue weighted by Crippen LogP contribution is 2.23. The Morgan fingerprint density at radius 3 is 2.17 bits per heavy atom. The number of carbonyl (C=O) groups excluding carboxylic acids is 1. The van der Waals surface area contributed by atoms with Gasteiger partial charge in [-0.1, -0.05) is 36.8 Å². The number of amides is 1. The van der Waals surface area contributed by atoms with Crippen LogP contribution in [0.4, 0.5) is 0 Å². The smallest absolute Gasteiger partial charge is 0.263 e. The number of nitrogens with zero attached hydrogens (tertiary/aromatic N) is 2. The molecule has 1 amide bonds. The number of hydrogen-bond donors (Lipinski definition) is 0. The van der Waals surface area contributed by atoms with Crippen molar-refractivity contribution in [2.75, 3.05) is 26.2 Å². The fraction of sp³-hybridized carbons (Fsp3) is 0.435. The predicted molar refractivity (Wildman–Crippen MR) is 117 cm³/mol. The van der Waals surface area contributed by atoms with Gasteiger partial charge in [-0.25, -0.2) is 8.42 Å². The Bertz CT molecular complexity index is 994. The van der Waals surface area contributed by atoms with Crippen molar-refractivity contribution in [3.8, 4) is 5.75 Å². The molecule has 0 saturated carbocycles. The molecule has 0 unspecified atom stereocenters. The number of rotatable bonds is 6. The van der Waals surface area contributed by atoms with Crippen molar-refractivity contribution < 1.29 is 17.9 Å². The molecule has 1 saturated heterocycles. The molecule has 30 heavy (non-hydrogen) atoms.